The second kappa shape index (κ2) is 12.8. The van der Waals surface area contributed by atoms with Crippen molar-refractivity contribution in [2.24, 2.45) is 0 Å². The van der Waals surface area contributed by atoms with Crippen molar-refractivity contribution in [1.29, 1.82) is 0 Å². The van der Waals surface area contributed by atoms with Gasteiger partial charge in [0.25, 0.3) is 0 Å². The van der Waals surface area contributed by atoms with Gasteiger partial charge in [-0.15, -0.1) is 11.8 Å². The van der Waals surface area contributed by atoms with Crippen LogP contribution in [0.15, 0.2) is 42.5 Å². The summed E-state index contributed by atoms with van der Waals surface area (Å²) in [6.45, 7) is 4.67. The SMILES string of the molecule is CCCNC(=O)[C@@H](C)N(Cc1ccc(OC)cc1)C(=O)CSCc1ccc(Cl)cc1Cl. The zero-order valence-corrected chi connectivity index (χ0v) is 20.3. The monoisotopic (exact) mass is 482 g/mol. The quantitative estimate of drug-likeness (QED) is 0.479. The van der Waals surface area contributed by atoms with E-state index in [0.717, 1.165) is 23.3 Å². The molecular weight excluding hydrogens is 455 g/mol. The van der Waals surface area contributed by atoms with Crippen LogP contribution in [0.4, 0.5) is 0 Å². The maximum atomic E-state index is 13.1. The first kappa shape index (κ1) is 25.4. The molecule has 0 heterocycles. The Morgan fingerprint density at radius 2 is 1.87 bits per heavy atom. The molecule has 0 aromatic heterocycles. The highest BCUT2D eigenvalue weighted by atomic mass is 35.5. The maximum Gasteiger partial charge on any atom is 0.242 e. The summed E-state index contributed by atoms with van der Waals surface area (Å²) in [5, 5.41) is 4.03. The molecule has 0 saturated heterocycles. The van der Waals surface area contributed by atoms with Crippen LogP contribution < -0.4 is 10.1 Å². The van der Waals surface area contributed by atoms with Crippen LogP contribution in [0, 0.1) is 0 Å². The highest BCUT2D eigenvalue weighted by Gasteiger charge is 2.25. The molecule has 0 radical (unpaired) electrons. The molecule has 0 spiro atoms. The first-order valence-electron chi connectivity index (χ1n) is 10.1. The number of hydrogen-bond donors (Lipinski definition) is 1. The number of carbonyl (C=O) groups is 2. The van der Waals surface area contributed by atoms with Crippen LogP contribution >= 0.6 is 35.0 Å². The Kier molecular flexibility index (Phi) is 10.5. The van der Waals surface area contributed by atoms with Crippen molar-refractivity contribution in [3.63, 3.8) is 0 Å². The second-order valence-electron chi connectivity index (χ2n) is 7.07. The van der Waals surface area contributed by atoms with Crippen molar-refractivity contribution >= 4 is 46.8 Å². The normalized spacial score (nSPS) is 11.6. The minimum absolute atomic E-state index is 0.106. The van der Waals surface area contributed by atoms with Crippen molar-refractivity contribution in [3.8, 4) is 5.75 Å². The number of rotatable bonds is 11. The van der Waals surface area contributed by atoms with Crippen molar-refractivity contribution in [2.45, 2.75) is 38.6 Å². The van der Waals surface area contributed by atoms with E-state index in [2.05, 4.69) is 5.32 Å². The number of nitrogens with one attached hydrogen (secondary N) is 1. The van der Waals surface area contributed by atoms with Gasteiger partial charge in [-0.25, -0.2) is 0 Å². The largest absolute Gasteiger partial charge is 0.497 e. The number of nitrogens with zero attached hydrogens (tertiary/aromatic N) is 1. The standard InChI is InChI=1S/C23H28Cl2N2O3S/c1-4-11-26-23(29)16(2)27(13-17-5-9-20(30-3)10-6-17)22(28)15-31-14-18-7-8-19(24)12-21(18)25/h5-10,12,16H,4,11,13-15H2,1-3H3,(H,26,29)/t16-/m1/s1. The topological polar surface area (TPSA) is 58.6 Å². The highest BCUT2D eigenvalue weighted by molar-refractivity contribution is 7.99. The number of ether oxygens (including phenoxy) is 1. The summed E-state index contributed by atoms with van der Waals surface area (Å²) in [7, 11) is 1.61. The van der Waals surface area contributed by atoms with Crippen molar-refractivity contribution < 1.29 is 14.3 Å². The van der Waals surface area contributed by atoms with Gasteiger partial charge in [0.15, 0.2) is 0 Å². The summed E-state index contributed by atoms with van der Waals surface area (Å²) < 4.78 is 5.20. The van der Waals surface area contributed by atoms with Crippen molar-refractivity contribution in [1.82, 2.24) is 10.2 Å². The smallest absolute Gasteiger partial charge is 0.242 e. The number of halogens is 2. The Morgan fingerprint density at radius 1 is 1.16 bits per heavy atom. The molecule has 2 aromatic rings. The number of methoxy groups -OCH3 is 1. The van der Waals surface area contributed by atoms with E-state index >= 15 is 0 Å². The maximum absolute atomic E-state index is 13.1. The van der Waals surface area contributed by atoms with Crippen LogP contribution in [0.2, 0.25) is 10.0 Å². The summed E-state index contributed by atoms with van der Waals surface area (Å²) in [5.41, 5.74) is 1.84. The van der Waals surface area contributed by atoms with E-state index in [1.807, 2.05) is 37.3 Å². The molecule has 0 fully saturated rings. The molecule has 0 aliphatic rings. The summed E-state index contributed by atoms with van der Waals surface area (Å²) in [4.78, 5) is 27.2. The molecule has 0 aliphatic carbocycles. The number of hydrogen-bond acceptors (Lipinski definition) is 4. The van der Waals surface area contributed by atoms with Gasteiger partial charge < -0.3 is 15.0 Å². The van der Waals surface area contributed by atoms with E-state index < -0.39 is 6.04 Å². The molecule has 1 N–H and O–H groups in total. The lowest BCUT2D eigenvalue weighted by Gasteiger charge is -2.29. The molecule has 0 bridgehead atoms. The van der Waals surface area contributed by atoms with E-state index in [1.165, 1.54) is 11.8 Å². The van der Waals surface area contributed by atoms with Gasteiger partial charge in [-0.3, -0.25) is 9.59 Å². The zero-order chi connectivity index (χ0) is 22.8. The van der Waals surface area contributed by atoms with Crippen molar-refractivity contribution in [2.75, 3.05) is 19.4 Å². The molecule has 2 rings (SSSR count). The molecular formula is C23H28Cl2N2O3S. The first-order valence-corrected chi connectivity index (χ1v) is 12.0. The lowest BCUT2D eigenvalue weighted by molar-refractivity contribution is -0.138. The number of benzene rings is 2. The molecule has 0 unspecified atom stereocenters. The molecule has 5 nitrogen and oxygen atoms in total. The predicted octanol–water partition coefficient (Wildman–Crippen LogP) is 5.18. The Labute approximate surface area is 198 Å². The van der Waals surface area contributed by atoms with E-state index in [1.54, 1.807) is 31.1 Å². The fraction of sp³-hybridized carbons (Fsp3) is 0.391. The molecule has 0 aliphatic heterocycles. The summed E-state index contributed by atoms with van der Waals surface area (Å²) in [5.74, 6) is 1.29. The third kappa shape index (κ3) is 7.95. The Balaban J connectivity index is 2.07. The van der Waals surface area contributed by atoms with Crippen LogP contribution in [0.5, 0.6) is 5.75 Å². The molecule has 1 atom stereocenters. The van der Waals surface area contributed by atoms with Crippen LogP contribution in [-0.2, 0) is 21.9 Å². The van der Waals surface area contributed by atoms with Gasteiger partial charge in [-0.1, -0.05) is 48.3 Å². The Morgan fingerprint density at radius 3 is 2.48 bits per heavy atom. The lowest BCUT2D eigenvalue weighted by atomic mass is 10.1. The van der Waals surface area contributed by atoms with Crippen molar-refractivity contribution in [3.05, 3.63) is 63.6 Å². The molecule has 2 amide bonds. The minimum atomic E-state index is -0.583. The van der Waals surface area contributed by atoms with Gasteiger partial charge in [0.05, 0.1) is 12.9 Å². The fourth-order valence-electron chi connectivity index (χ4n) is 2.88. The predicted molar refractivity (Wildman–Crippen MR) is 129 cm³/mol. The molecule has 31 heavy (non-hydrogen) atoms. The van der Waals surface area contributed by atoms with Crippen LogP contribution in [0.3, 0.4) is 0 Å². The van der Waals surface area contributed by atoms with E-state index in [0.29, 0.717) is 28.9 Å². The lowest BCUT2D eigenvalue weighted by Crippen LogP contribution is -2.48. The summed E-state index contributed by atoms with van der Waals surface area (Å²) in [6, 6.07) is 12.2. The van der Waals surface area contributed by atoms with Gasteiger partial charge in [0.1, 0.15) is 11.8 Å². The Bertz CT molecular complexity index is 878. The van der Waals surface area contributed by atoms with Crippen LogP contribution in [0.1, 0.15) is 31.4 Å². The van der Waals surface area contributed by atoms with Crippen LogP contribution in [0.25, 0.3) is 0 Å². The number of amides is 2. The number of carbonyl (C=O) groups excluding carboxylic acids is 2. The molecule has 2 aromatic carbocycles. The van der Waals surface area contributed by atoms with E-state index in [4.69, 9.17) is 27.9 Å². The molecule has 0 saturated carbocycles. The third-order valence-electron chi connectivity index (χ3n) is 4.73. The van der Waals surface area contributed by atoms with E-state index in [-0.39, 0.29) is 17.6 Å². The van der Waals surface area contributed by atoms with Gasteiger partial charge in [0, 0.05) is 28.9 Å². The average Bonchev–Trinajstić information content (AvgIpc) is 2.77. The van der Waals surface area contributed by atoms with Gasteiger partial charge >= 0.3 is 0 Å². The second-order valence-corrected chi connectivity index (χ2v) is 8.89. The first-order chi connectivity index (χ1) is 14.8. The minimum Gasteiger partial charge on any atom is -0.497 e. The number of thioether (sulfide) groups is 1. The van der Waals surface area contributed by atoms with Gasteiger partial charge in [-0.2, -0.15) is 0 Å². The Hall–Kier alpha value is -1.89. The summed E-state index contributed by atoms with van der Waals surface area (Å²) >= 11 is 13.6. The third-order valence-corrected chi connectivity index (χ3v) is 6.28. The van der Waals surface area contributed by atoms with Gasteiger partial charge in [-0.05, 0) is 48.7 Å². The average molecular weight is 483 g/mol. The molecule has 8 heteroatoms. The summed E-state index contributed by atoms with van der Waals surface area (Å²) in [6.07, 6.45) is 0.836. The van der Waals surface area contributed by atoms with Crippen LogP contribution in [-0.4, -0.2) is 42.2 Å². The molecule has 168 valence electrons. The van der Waals surface area contributed by atoms with E-state index in [9.17, 15) is 9.59 Å². The zero-order valence-electron chi connectivity index (χ0n) is 18.0. The fourth-order valence-corrected chi connectivity index (χ4v) is 4.34. The van der Waals surface area contributed by atoms with Gasteiger partial charge in [0.2, 0.25) is 11.8 Å². The highest BCUT2D eigenvalue weighted by Crippen LogP contribution is 2.25.